The summed E-state index contributed by atoms with van der Waals surface area (Å²) in [6.07, 6.45) is 0.889. The zero-order chi connectivity index (χ0) is 9.19. The molecule has 0 aromatic heterocycles. The van der Waals surface area contributed by atoms with Gasteiger partial charge >= 0.3 is 5.97 Å². The van der Waals surface area contributed by atoms with Gasteiger partial charge in [-0.15, -0.1) is 0 Å². The number of nitrogens with one attached hydrogen (secondary N) is 1. The third kappa shape index (κ3) is 1.78. The number of carbonyl (C=O) groups excluding carboxylic acids is 1. The SMILES string of the molecule is COC(=O)[C@H]1CCNCC1(C)C. The highest BCUT2D eigenvalue weighted by molar-refractivity contribution is 5.73. The van der Waals surface area contributed by atoms with Crippen LogP contribution in [0, 0.1) is 11.3 Å². The summed E-state index contributed by atoms with van der Waals surface area (Å²) in [5.74, 6) is -0.00903. The van der Waals surface area contributed by atoms with Gasteiger partial charge in [-0.05, 0) is 18.4 Å². The van der Waals surface area contributed by atoms with E-state index >= 15 is 0 Å². The minimum atomic E-state index is -0.0681. The van der Waals surface area contributed by atoms with Crippen molar-refractivity contribution in [3.05, 3.63) is 0 Å². The van der Waals surface area contributed by atoms with Gasteiger partial charge in [0.25, 0.3) is 0 Å². The van der Waals surface area contributed by atoms with Crippen LogP contribution < -0.4 is 5.32 Å². The quantitative estimate of drug-likeness (QED) is 0.593. The van der Waals surface area contributed by atoms with Gasteiger partial charge in [-0.1, -0.05) is 13.8 Å². The second-order valence-corrected chi connectivity index (χ2v) is 4.03. The Kier molecular flexibility index (Phi) is 2.73. The molecule has 70 valence electrons. The van der Waals surface area contributed by atoms with E-state index in [0.717, 1.165) is 19.5 Å². The molecule has 1 heterocycles. The number of hydrogen-bond acceptors (Lipinski definition) is 3. The van der Waals surface area contributed by atoms with Crippen LogP contribution in [-0.4, -0.2) is 26.2 Å². The Morgan fingerprint density at radius 2 is 2.25 bits per heavy atom. The molecule has 1 N–H and O–H groups in total. The molecule has 0 spiro atoms. The Balaban J connectivity index is 2.66. The predicted molar refractivity (Wildman–Crippen MR) is 46.8 cm³/mol. The molecular formula is C9H17NO2. The molecule has 1 aliphatic rings. The predicted octanol–water partition coefficient (Wildman–Crippen LogP) is 0.795. The summed E-state index contributed by atoms with van der Waals surface area (Å²) in [6, 6.07) is 0. The first-order chi connectivity index (χ1) is 5.58. The molecule has 0 aromatic carbocycles. The number of esters is 1. The summed E-state index contributed by atoms with van der Waals surface area (Å²) in [7, 11) is 1.46. The van der Waals surface area contributed by atoms with Crippen molar-refractivity contribution in [2.24, 2.45) is 11.3 Å². The summed E-state index contributed by atoms with van der Waals surface area (Å²) in [4.78, 5) is 11.3. The number of ether oxygens (including phenoxy) is 1. The van der Waals surface area contributed by atoms with Crippen LogP contribution in [0.25, 0.3) is 0 Å². The lowest BCUT2D eigenvalue weighted by Crippen LogP contribution is -2.46. The van der Waals surface area contributed by atoms with E-state index in [1.54, 1.807) is 0 Å². The topological polar surface area (TPSA) is 38.3 Å². The third-order valence-corrected chi connectivity index (χ3v) is 2.62. The van der Waals surface area contributed by atoms with Crippen molar-refractivity contribution in [3.8, 4) is 0 Å². The van der Waals surface area contributed by atoms with Gasteiger partial charge < -0.3 is 10.1 Å². The van der Waals surface area contributed by atoms with Crippen LogP contribution in [0.3, 0.4) is 0 Å². The molecule has 3 nitrogen and oxygen atoms in total. The van der Waals surface area contributed by atoms with Crippen LogP contribution >= 0.6 is 0 Å². The molecule has 1 saturated heterocycles. The second kappa shape index (κ2) is 3.44. The van der Waals surface area contributed by atoms with Gasteiger partial charge in [-0.25, -0.2) is 0 Å². The average molecular weight is 171 g/mol. The zero-order valence-electron chi connectivity index (χ0n) is 8.02. The van der Waals surface area contributed by atoms with Gasteiger partial charge in [-0.2, -0.15) is 0 Å². The molecule has 3 heteroatoms. The Bertz CT molecular complexity index is 177. The van der Waals surface area contributed by atoms with Gasteiger partial charge in [0.05, 0.1) is 13.0 Å². The Morgan fingerprint density at radius 1 is 1.58 bits per heavy atom. The van der Waals surface area contributed by atoms with Gasteiger partial charge in [0, 0.05) is 6.54 Å². The third-order valence-electron chi connectivity index (χ3n) is 2.62. The summed E-state index contributed by atoms with van der Waals surface area (Å²) in [6.45, 7) is 6.01. The van der Waals surface area contributed by atoms with Crippen LogP contribution in [0.2, 0.25) is 0 Å². The minimum Gasteiger partial charge on any atom is -0.469 e. The van der Waals surface area contributed by atoms with Gasteiger partial charge in [0.15, 0.2) is 0 Å². The first-order valence-corrected chi connectivity index (χ1v) is 4.36. The summed E-state index contributed by atoms with van der Waals surface area (Å²) >= 11 is 0. The number of rotatable bonds is 1. The van der Waals surface area contributed by atoms with Gasteiger partial charge in [0.1, 0.15) is 0 Å². The average Bonchev–Trinajstić information content (AvgIpc) is 2.02. The molecule has 1 aliphatic heterocycles. The Labute approximate surface area is 73.5 Å². The fraction of sp³-hybridized carbons (Fsp3) is 0.889. The number of methoxy groups -OCH3 is 1. The maximum atomic E-state index is 11.3. The van der Waals surface area contributed by atoms with Crippen LogP contribution in [0.4, 0.5) is 0 Å². The number of carbonyl (C=O) groups is 1. The lowest BCUT2D eigenvalue weighted by atomic mass is 9.75. The molecule has 0 radical (unpaired) electrons. The molecule has 0 amide bonds. The second-order valence-electron chi connectivity index (χ2n) is 4.03. The highest BCUT2D eigenvalue weighted by Crippen LogP contribution is 2.32. The van der Waals surface area contributed by atoms with Crippen molar-refractivity contribution in [1.29, 1.82) is 0 Å². The van der Waals surface area contributed by atoms with Crippen molar-refractivity contribution >= 4 is 5.97 Å². The van der Waals surface area contributed by atoms with Crippen LogP contribution in [0.15, 0.2) is 0 Å². The van der Waals surface area contributed by atoms with Crippen LogP contribution in [0.1, 0.15) is 20.3 Å². The van der Waals surface area contributed by atoms with E-state index in [2.05, 4.69) is 19.2 Å². The molecule has 0 aliphatic carbocycles. The molecule has 1 atom stereocenters. The standard InChI is InChI=1S/C9H17NO2/c1-9(2)6-10-5-4-7(9)8(11)12-3/h7,10H,4-6H2,1-3H3/t7-/m1/s1. The van der Waals surface area contributed by atoms with Crippen LogP contribution in [0.5, 0.6) is 0 Å². The number of piperidine rings is 1. The van der Waals surface area contributed by atoms with Gasteiger partial charge in [0.2, 0.25) is 0 Å². The number of hydrogen-bond donors (Lipinski definition) is 1. The van der Waals surface area contributed by atoms with Crippen molar-refractivity contribution in [2.45, 2.75) is 20.3 Å². The molecular weight excluding hydrogens is 154 g/mol. The van der Waals surface area contributed by atoms with Crippen LogP contribution in [-0.2, 0) is 9.53 Å². The minimum absolute atomic E-state index is 0.0331. The highest BCUT2D eigenvalue weighted by Gasteiger charge is 2.37. The maximum Gasteiger partial charge on any atom is 0.309 e. The van der Waals surface area contributed by atoms with E-state index in [4.69, 9.17) is 4.74 Å². The molecule has 1 fully saturated rings. The first-order valence-electron chi connectivity index (χ1n) is 4.36. The van der Waals surface area contributed by atoms with Crippen molar-refractivity contribution in [3.63, 3.8) is 0 Å². The largest absolute Gasteiger partial charge is 0.469 e. The van der Waals surface area contributed by atoms with E-state index in [0.29, 0.717) is 0 Å². The lowest BCUT2D eigenvalue weighted by Gasteiger charge is -2.36. The van der Waals surface area contributed by atoms with Crippen molar-refractivity contribution < 1.29 is 9.53 Å². The fourth-order valence-electron chi connectivity index (χ4n) is 1.75. The van der Waals surface area contributed by atoms with E-state index < -0.39 is 0 Å². The van der Waals surface area contributed by atoms with Crippen molar-refractivity contribution in [2.75, 3.05) is 20.2 Å². The lowest BCUT2D eigenvalue weighted by molar-refractivity contribution is -0.150. The van der Waals surface area contributed by atoms with Gasteiger partial charge in [-0.3, -0.25) is 4.79 Å². The van der Waals surface area contributed by atoms with E-state index in [1.807, 2.05) is 0 Å². The molecule has 0 aromatic rings. The smallest absolute Gasteiger partial charge is 0.309 e. The fourth-order valence-corrected chi connectivity index (χ4v) is 1.75. The first kappa shape index (κ1) is 9.52. The molecule has 1 rings (SSSR count). The Hall–Kier alpha value is -0.570. The van der Waals surface area contributed by atoms with E-state index in [-0.39, 0.29) is 17.3 Å². The molecule has 0 saturated carbocycles. The van der Waals surface area contributed by atoms with Crippen molar-refractivity contribution in [1.82, 2.24) is 5.32 Å². The molecule has 12 heavy (non-hydrogen) atoms. The molecule has 0 unspecified atom stereocenters. The maximum absolute atomic E-state index is 11.3. The summed E-state index contributed by atoms with van der Waals surface area (Å²) in [5.41, 5.74) is 0.0331. The zero-order valence-corrected chi connectivity index (χ0v) is 8.02. The highest BCUT2D eigenvalue weighted by atomic mass is 16.5. The Morgan fingerprint density at radius 3 is 2.75 bits per heavy atom. The monoisotopic (exact) mass is 171 g/mol. The normalized spacial score (nSPS) is 28.1. The summed E-state index contributed by atoms with van der Waals surface area (Å²) in [5, 5.41) is 3.28. The molecule has 0 bridgehead atoms. The van der Waals surface area contributed by atoms with E-state index in [9.17, 15) is 4.79 Å². The van der Waals surface area contributed by atoms with E-state index in [1.165, 1.54) is 7.11 Å². The summed E-state index contributed by atoms with van der Waals surface area (Å²) < 4.78 is 4.76.